The molecule has 0 aliphatic carbocycles. The molecule has 0 fully saturated rings. The predicted octanol–water partition coefficient (Wildman–Crippen LogP) is 1.08. The van der Waals surface area contributed by atoms with E-state index in [1.807, 2.05) is 31.2 Å². The summed E-state index contributed by atoms with van der Waals surface area (Å²) in [7, 11) is 0. The van der Waals surface area contributed by atoms with Crippen molar-refractivity contribution in [3.05, 3.63) is 53.6 Å². The van der Waals surface area contributed by atoms with Crippen molar-refractivity contribution >= 4 is 5.91 Å². The van der Waals surface area contributed by atoms with E-state index in [1.165, 1.54) is 0 Å². The Morgan fingerprint density at radius 1 is 1.42 bits per heavy atom. The number of imidazole rings is 1. The van der Waals surface area contributed by atoms with Gasteiger partial charge in [-0.2, -0.15) is 0 Å². The number of aryl methyl sites for hydroxylation is 1. The minimum Gasteiger partial charge on any atom is -0.354 e. The van der Waals surface area contributed by atoms with Crippen molar-refractivity contribution in [1.82, 2.24) is 15.3 Å². The van der Waals surface area contributed by atoms with Crippen LogP contribution in [0.25, 0.3) is 0 Å². The summed E-state index contributed by atoms with van der Waals surface area (Å²) in [6, 6.07) is 7.03. The maximum Gasteiger partial charge on any atom is 0.241 e. The molecule has 0 bridgehead atoms. The molecular formula is C14H18N4O. The summed E-state index contributed by atoms with van der Waals surface area (Å²) in [5.41, 5.74) is 7.88. The number of hydrogen-bond donors (Lipinski definition) is 3. The summed E-state index contributed by atoms with van der Waals surface area (Å²) < 4.78 is 0. The highest BCUT2D eigenvalue weighted by Gasteiger charge is 2.14. The summed E-state index contributed by atoms with van der Waals surface area (Å²) in [5.74, 6) is 0.680. The summed E-state index contributed by atoms with van der Waals surface area (Å²) >= 11 is 0. The molecule has 1 atom stereocenters. The maximum absolute atomic E-state index is 11.9. The average Bonchev–Trinajstić information content (AvgIpc) is 2.92. The molecule has 0 aliphatic rings. The van der Waals surface area contributed by atoms with Crippen LogP contribution in [0.15, 0.2) is 36.7 Å². The number of benzene rings is 1. The Hall–Kier alpha value is -2.14. The number of hydrogen-bond acceptors (Lipinski definition) is 3. The SMILES string of the molecule is Cc1ccc(C(N)C(=O)NCCc2ncc[nH]2)cc1. The third-order valence-corrected chi connectivity index (χ3v) is 2.93. The van der Waals surface area contributed by atoms with E-state index in [9.17, 15) is 4.79 Å². The summed E-state index contributed by atoms with van der Waals surface area (Å²) in [6.07, 6.45) is 4.11. The molecule has 2 aromatic rings. The Kier molecular flexibility index (Phi) is 4.30. The molecule has 0 aliphatic heterocycles. The quantitative estimate of drug-likeness (QED) is 0.750. The van der Waals surface area contributed by atoms with Crippen LogP contribution in [0.5, 0.6) is 0 Å². The zero-order valence-corrected chi connectivity index (χ0v) is 10.9. The first-order valence-corrected chi connectivity index (χ1v) is 6.25. The summed E-state index contributed by atoms with van der Waals surface area (Å²) in [5, 5.41) is 2.81. The van der Waals surface area contributed by atoms with Crippen molar-refractivity contribution in [1.29, 1.82) is 0 Å². The van der Waals surface area contributed by atoms with Crippen molar-refractivity contribution in [2.24, 2.45) is 5.73 Å². The molecule has 5 heteroatoms. The number of H-pyrrole nitrogens is 1. The van der Waals surface area contributed by atoms with E-state index in [2.05, 4.69) is 15.3 Å². The molecule has 19 heavy (non-hydrogen) atoms. The van der Waals surface area contributed by atoms with E-state index in [0.717, 1.165) is 17.0 Å². The number of nitrogens with two attached hydrogens (primary N) is 1. The van der Waals surface area contributed by atoms with Gasteiger partial charge < -0.3 is 16.0 Å². The van der Waals surface area contributed by atoms with E-state index in [1.54, 1.807) is 12.4 Å². The topological polar surface area (TPSA) is 83.8 Å². The highest BCUT2D eigenvalue weighted by Crippen LogP contribution is 2.11. The number of aromatic nitrogens is 2. The van der Waals surface area contributed by atoms with Crippen molar-refractivity contribution in [2.45, 2.75) is 19.4 Å². The lowest BCUT2D eigenvalue weighted by atomic mass is 10.1. The van der Waals surface area contributed by atoms with Crippen molar-refractivity contribution in [2.75, 3.05) is 6.54 Å². The van der Waals surface area contributed by atoms with Gasteiger partial charge in [-0.1, -0.05) is 29.8 Å². The van der Waals surface area contributed by atoms with Gasteiger partial charge in [0.1, 0.15) is 11.9 Å². The first kappa shape index (κ1) is 13.3. The second-order valence-electron chi connectivity index (χ2n) is 4.47. The molecule has 0 saturated carbocycles. The number of carbonyl (C=O) groups excluding carboxylic acids is 1. The van der Waals surface area contributed by atoms with E-state index in [0.29, 0.717) is 13.0 Å². The van der Waals surface area contributed by atoms with Crippen LogP contribution >= 0.6 is 0 Å². The van der Waals surface area contributed by atoms with E-state index < -0.39 is 6.04 Å². The molecule has 1 aromatic carbocycles. The van der Waals surface area contributed by atoms with Gasteiger partial charge in [0, 0.05) is 25.4 Å². The van der Waals surface area contributed by atoms with E-state index in [4.69, 9.17) is 5.73 Å². The van der Waals surface area contributed by atoms with Gasteiger partial charge >= 0.3 is 0 Å². The second-order valence-corrected chi connectivity index (χ2v) is 4.47. The van der Waals surface area contributed by atoms with Crippen molar-refractivity contribution in [3.8, 4) is 0 Å². The molecule has 5 nitrogen and oxygen atoms in total. The Morgan fingerprint density at radius 3 is 2.79 bits per heavy atom. The molecule has 1 heterocycles. The van der Waals surface area contributed by atoms with Crippen molar-refractivity contribution < 1.29 is 4.79 Å². The number of rotatable bonds is 5. The molecule has 0 saturated heterocycles. The first-order chi connectivity index (χ1) is 9.16. The van der Waals surface area contributed by atoms with Crippen LogP contribution in [0.4, 0.5) is 0 Å². The van der Waals surface area contributed by atoms with Crippen LogP contribution in [0, 0.1) is 6.92 Å². The number of carbonyl (C=O) groups is 1. The van der Waals surface area contributed by atoms with E-state index >= 15 is 0 Å². The molecule has 1 aromatic heterocycles. The normalized spacial score (nSPS) is 12.1. The number of nitrogens with zero attached hydrogens (tertiary/aromatic N) is 1. The minimum absolute atomic E-state index is 0.171. The lowest BCUT2D eigenvalue weighted by Gasteiger charge is -2.12. The maximum atomic E-state index is 11.9. The van der Waals surface area contributed by atoms with Crippen LogP contribution in [0.3, 0.4) is 0 Å². The van der Waals surface area contributed by atoms with Crippen LogP contribution in [-0.2, 0) is 11.2 Å². The molecular weight excluding hydrogens is 240 g/mol. The van der Waals surface area contributed by atoms with Gasteiger partial charge in [0.05, 0.1) is 0 Å². The molecule has 1 amide bonds. The third kappa shape index (κ3) is 3.66. The molecule has 2 rings (SSSR count). The Balaban J connectivity index is 1.83. The largest absolute Gasteiger partial charge is 0.354 e. The smallest absolute Gasteiger partial charge is 0.241 e. The number of nitrogens with one attached hydrogen (secondary N) is 2. The highest BCUT2D eigenvalue weighted by molar-refractivity contribution is 5.82. The van der Waals surface area contributed by atoms with Gasteiger partial charge in [0.15, 0.2) is 0 Å². The minimum atomic E-state index is -0.628. The van der Waals surface area contributed by atoms with Gasteiger partial charge in [-0.3, -0.25) is 4.79 Å². The third-order valence-electron chi connectivity index (χ3n) is 2.93. The zero-order chi connectivity index (χ0) is 13.7. The van der Waals surface area contributed by atoms with Crippen LogP contribution in [-0.4, -0.2) is 22.4 Å². The lowest BCUT2D eigenvalue weighted by Crippen LogP contribution is -2.35. The zero-order valence-electron chi connectivity index (χ0n) is 10.9. The van der Waals surface area contributed by atoms with Crippen LogP contribution in [0.1, 0.15) is 23.0 Å². The van der Waals surface area contributed by atoms with Crippen LogP contribution < -0.4 is 11.1 Å². The van der Waals surface area contributed by atoms with Gasteiger partial charge in [-0.25, -0.2) is 4.98 Å². The Labute approximate surface area is 112 Å². The van der Waals surface area contributed by atoms with Gasteiger partial charge in [0.2, 0.25) is 5.91 Å². The lowest BCUT2D eigenvalue weighted by molar-refractivity contribution is -0.122. The van der Waals surface area contributed by atoms with Crippen LogP contribution in [0.2, 0.25) is 0 Å². The molecule has 100 valence electrons. The van der Waals surface area contributed by atoms with Gasteiger partial charge in [0.25, 0.3) is 0 Å². The van der Waals surface area contributed by atoms with Gasteiger partial charge in [-0.15, -0.1) is 0 Å². The number of amides is 1. The Bertz CT molecular complexity index is 519. The number of aromatic amines is 1. The standard InChI is InChI=1S/C14H18N4O/c1-10-2-4-11(5-3-10)13(15)14(19)18-7-6-12-16-8-9-17-12/h2-5,8-9,13H,6-7,15H2,1H3,(H,16,17)(H,18,19). The molecule has 0 spiro atoms. The second kappa shape index (κ2) is 6.15. The monoisotopic (exact) mass is 258 g/mol. The fraction of sp³-hybridized carbons (Fsp3) is 0.286. The fourth-order valence-corrected chi connectivity index (χ4v) is 1.77. The highest BCUT2D eigenvalue weighted by atomic mass is 16.2. The predicted molar refractivity (Wildman–Crippen MR) is 73.4 cm³/mol. The summed E-state index contributed by atoms with van der Waals surface area (Å²) in [6.45, 7) is 2.52. The molecule has 1 unspecified atom stereocenters. The average molecular weight is 258 g/mol. The van der Waals surface area contributed by atoms with Crippen molar-refractivity contribution in [3.63, 3.8) is 0 Å². The Morgan fingerprint density at radius 2 is 2.16 bits per heavy atom. The van der Waals surface area contributed by atoms with Gasteiger partial charge in [-0.05, 0) is 12.5 Å². The first-order valence-electron chi connectivity index (χ1n) is 6.25. The van der Waals surface area contributed by atoms with E-state index in [-0.39, 0.29) is 5.91 Å². The molecule has 4 N–H and O–H groups in total. The fourth-order valence-electron chi connectivity index (χ4n) is 1.77. The molecule has 0 radical (unpaired) electrons. The summed E-state index contributed by atoms with van der Waals surface area (Å²) in [4.78, 5) is 19.0.